The van der Waals surface area contributed by atoms with Gasteiger partial charge in [0.1, 0.15) is 11.4 Å². The summed E-state index contributed by atoms with van der Waals surface area (Å²) in [6.45, 7) is 1.82. The summed E-state index contributed by atoms with van der Waals surface area (Å²) in [6.07, 6.45) is 0. The minimum absolute atomic E-state index is 0.0323. The number of ether oxygens (including phenoxy) is 3. The SMILES string of the molecule is COc1cc(C(=O)N2CCN(Cc3c(F)cccc3Cl)CC2)c([N+](=O)[O-])c(OC)c1OC. The summed E-state index contributed by atoms with van der Waals surface area (Å²) >= 11 is 6.11. The first-order chi connectivity index (χ1) is 15.3. The van der Waals surface area contributed by atoms with Crippen LogP contribution in [0.4, 0.5) is 10.1 Å². The summed E-state index contributed by atoms with van der Waals surface area (Å²) in [5, 5.41) is 12.1. The van der Waals surface area contributed by atoms with Crippen LogP contribution in [0.1, 0.15) is 15.9 Å². The van der Waals surface area contributed by atoms with Gasteiger partial charge in [-0.3, -0.25) is 19.8 Å². The Bertz CT molecular complexity index is 1010. The van der Waals surface area contributed by atoms with Crippen LogP contribution in [0.5, 0.6) is 17.2 Å². The second-order valence-electron chi connectivity index (χ2n) is 7.07. The minimum Gasteiger partial charge on any atom is -0.493 e. The molecule has 9 nitrogen and oxygen atoms in total. The molecule has 2 aromatic rings. The zero-order valence-corrected chi connectivity index (χ0v) is 18.6. The van der Waals surface area contributed by atoms with Crippen LogP contribution in [-0.4, -0.2) is 68.1 Å². The number of methoxy groups -OCH3 is 3. The fraction of sp³-hybridized carbons (Fsp3) is 0.381. The highest BCUT2D eigenvalue weighted by molar-refractivity contribution is 6.31. The minimum atomic E-state index is -0.676. The molecule has 3 rings (SSSR count). The van der Waals surface area contributed by atoms with Crippen molar-refractivity contribution in [2.75, 3.05) is 47.5 Å². The van der Waals surface area contributed by atoms with Gasteiger partial charge in [-0.1, -0.05) is 17.7 Å². The van der Waals surface area contributed by atoms with E-state index in [4.69, 9.17) is 25.8 Å². The van der Waals surface area contributed by atoms with Crippen LogP contribution in [0.3, 0.4) is 0 Å². The first-order valence-corrected chi connectivity index (χ1v) is 10.1. The molecule has 11 heteroatoms. The average molecular weight is 468 g/mol. The van der Waals surface area contributed by atoms with E-state index in [1.54, 1.807) is 12.1 Å². The maximum atomic E-state index is 14.1. The molecule has 0 N–H and O–H groups in total. The summed E-state index contributed by atoms with van der Waals surface area (Å²) in [4.78, 5) is 27.8. The number of halogens is 2. The van der Waals surface area contributed by atoms with Gasteiger partial charge in [-0.15, -0.1) is 0 Å². The Kier molecular flexibility index (Phi) is 7.37. The zero-order valence-electron chi connectivity index (χ0n) is 17.9. The lowest BCUT2D eigenvalue weighted by atomic mass is 10.1. The van der Waals surface area contributed by atoms with Crippen molar-refractivity contribution >= 4 is 23.2 Å². The lowest BCUT2D eigenvalue weighted by Gasteiger charge is -2.35. The second-order valence-corrected chi connectivity index (χ2v) is 7.47. The number of hydrogen-bond acceptors (Lipinski definition) is 7. The topological polar surface area (TPSA) is 94.4 Å². The Morgan fingerprint density at radius 1 is 1.12 bits per heavy atom. The number of hydrogen-bond donors (Lipinski definition) is 0. The van der Waals surface area contributed by atoms with Crippen LogP contribution >= 0.6 is 11.6 Å². The van der Waals surface area contributed by atoms with Gasteiger partial charge in [-0.2, -0.15) is 0 Å². The zero-order chi connectivity index (χ0) is 23.4. The number of piperazine rings is 1. The Morgan fingerprint density at radius 2 is 1.78 bits per heavy atom. The highest BCUT2D eigenvalue weighted by Crippen LogP contribution is 2.46. The number of nitro groups is 1. The molecule has 1 amide bonds. The molecule has 1 heterocycles. The standard InChI is InChI=1S/C21H23ClFN3O6/c1-30-17-11-13(18(26(28)29)20(32-3)19(17)31-2)21(27)25-9-7-24(8-10-25)12-14-15(22)5-4-6-16(14)23/h4-6,11H,7-10,12H2,1-3H3. The van der Waals surface area contributed by atoms with Gasteiger partial charge in [0, 0.05) is 49.4 Å². The summed E-state index contributed by atoms with van der Waals surface area (Å²) < 4.78 is 29.7. The van der Waals surface area contributed by atoms with E-state index < -0.39 is 16.5 Å². The van der Waals surface area contributed by atoms with Crippen LogP contribution in [0, 0.1) is 15.9 Å². The third-order valence-corrected chi connectivity index (χ3v) is 5.67. The largest absolute Gasteiger partial charge is 0.493 e. The van der Waals surface area contributed by atoms with Gasteiger partial charge in [-0.05, 0) is 12.1 Å². The number of amides is 1. The first kappa shape index (κ1) is 23.6. The summed E-state index contributed by atoms with van der Waals surface area (Å²) in [5.41, 5.74) is -0.250. The van der Waals surface area contributed by atoms with Gasteiger partial charge >= 0.3 is 5.69 Å². The van der Waals surface area contributed by atoms with Crippen LogP contribution in [-0.2, 0) is 6.54 Å². The van der Waals surface area contributed by atoms with Crippen LogP contribution < -0.4 is 14.2 Å². The van der Waals surface area contributed by atoms with Crippen molar-refractivity contribution in [3.05, 3.63) is 56.3 Å². The number of rotatable bonds is 7. The molecule has 1 fully saturated rings. The van der Waals surface area contributed by atoms with Crippen molar-refractivity contribution in [3.63, 3.8) is 0 Å². The third-order valence-electron chi connectivity index (χ3n) is 5.32. The fourth-order valence-electron chi connectivity index (χ4n) is 3.67. The van der Waals surface area contributed by atoms with E-state index in [1.165, 1.54) is 38.4 Å². The van der Waals surface area contributed by atoms with Gasteiger partial charge < -0.3 is 19.1 Å². The molecule has 1 saturated heterocycles. The lowest BCUT2D eigenvalue weighted by Crippen LogP contribution is -2.48. The molecule has 0 unspecified atom stereocenters. The highest BCUT2D eigenvalue weighted by Gasteiger charge is 2.35. The second kappa shape index (κ2) is 10.0. The predicted molar refractivity (Wildman–Crippen MR) is 115 cm³/mol. The Labute approximate surface area is 189 Å². The highest BCUT2D eigenvalue weighted by atomic mass is 35.5. The predicted octanol–water partition coefficient (Wildman–Crippen LogP) is 3.37. The molecule has 32 heavy (non-hydrogen) atoms. The van der Waals surface area contributed by atoms with Gasteiger partial charge in [0.05, 0.1) is 26.3 Å². The number of nitro benzene ring substituents is 1. The summed E-state index contributed by atoms with van der Waals surface area (Å²) in [5.74, 6) is -0.924. The Hall–Kier alpha value is -3.11. The van der Waals surface area contributed by atoms with Gasteiger partial charge in [0.15, 0.2) is 5.75 Å². The molecule has 0 atom stereocenters. The van der Waals surface area contributed by atoms with Crippen molar-refractivity contribution in [1.82, 2.24) is 9.80 Å². The smallest absolute Gasteiger partial charge is 0.327 e. The van der Waals surface area contributed by atoms with Crippen LogP contribution in [0.15, 0.2) is 24.3 Å². The third kappa shape index (κ3) is 4.56. The summed E-state index contributed by atoms with van der Waals surface area (Å²) in [7, 11) is 3.95. The Morgan fingerprint density at radius 3 is 2.31 bits per heavy atom. The normalized spacial score (nSPS) is 14.2. The molecule has 0 aliphatic carbocycles. The van der Waals surface area contributed by atoms with Gasteiger partial charge in [0.2, 0.25) is 11.5 Å². The molecule has 0 saturated carbocycles. The first-order valence-electron chi connectivity index (χ1n) is 9.74. The molecule has 0 aromatic heterocycles. The van der Waals surface area contributed by atoms with Crippen molar-refractivity contribution in [2.45, 2.75) is 6.54 Å². The van der Waals surface area contributed by atoms with Crippen molar-refractivity contribution < 1.29 is 28.3 Å². The number of carbonyl (C=O) groups is 1. The van der Waals surface area contributed by atoms with Gasteiger partial charge in [-0.25, -0.2) is 4.39 Å². The van der Waals surface area contributed by atoms with Crippen molar-refractivity contribution in [2.24, 2.45) is 0 Å². The number of nitrogens with zero attached hydrogens (tertiary/aromatic N) is 3. The van der Waals surface area contributed by atoms with E-state index in [0.717, 1.165) is 0 Å². The maximum absolute atomic E-state index is 14.1. The maximum Gasteiger partial charge on any atom is 0.327 e. The molecule has 0 bridgehead atoms. The van der Waals surface area contributed by atoms with E-state index in [2.05, 4.69) is 0 Å². The van der Waals surface area contributed by atoms with E-state index in [1.807, 2.05) is 4.90 Å². The quantitative estimate of drug-likeness (QED) is 0.455. The molecule has 1 aliphatic rings. The molecular formula is C21H23ClFN3O6. The van der Waals surface area contributed by atoms with E-state index in [9.17, 15) is 19.3 Å². The van der Waals surface area contributed by atoms with E-state index in [-0.39, 0.29) is 28.6 Å². The number of benzene rings is 2. The lowest BCUT2D eigenvalue weighted by molar-refractivity contribution is -0.386. The molecule has 172 valence electrons. The van der Waals surface area contributed by atoms with Crippen LogP contribution in [0.25, 0.3) is 0 Å². The van der Waals surface area contributed by atoms with Crippen molar-refractivity contribution in [3.8, 4) is 17.2 Å². The number of carbonyl (C=O) groups excluding carboxylic acids is 1. The van der Waals surface area contributed by atoms with E-state index in [0.29, 0.717) is 43.3 Å². The molecular weight excluding hydrogens is 445 g/mol. The average Bonchev–Trinajstić information content (AvgIpc) is 2.79. The molecule has 0 radical (unpaired) electrons. The molecule has 0 spiro atoms. The fourth-order valence-corrected chi connectivity index (χ4v) is 3.89. The van der Waals surface area contributed by atoms with Crippen molar-refractivity contribution in [1.29, 1.82) is 0 Å². The molecule has 2 aromatic carbocycles. The molecule has 1 aliphatic heterocycles. The monoisotopic (exact) mass is 467 g/mol. The van der Waals surface area contributed by atoms with E-state index >= 15 is 0 Å². The van der Waals surface area contributed by atoms with Crippen LogP contribution in [0.2, 0.25) is 5.02 Å². The van der Waals surface area contributed by atoms with Gasteiger partial charge in [0.25, 0.3) is 5.91 Å². The summed E-state index contributed by atoms with van der Waals surface area (Å²) in [6, 6.07) is 5.81. The Balaban J connectivity index is 1.82.